The van der Waals surface area contributed by atoms with E-state index in [1.165, 1.54) is 0 Å². The fraction of sp³-hybridized carbons (Fsp3) is 0.316. The lowest BCUT2D eigenvalue weighted by atomic mass is 10.0. The number of carbonyl (C=O) groups excluding carboxylic acids is 2. The van der Waals surface area contributed by atoms with E-state index in [1.807, 2.05) is 4.90 Å². The molecule has 2 N–H and O–H groups in total. The largest absolute Gasteiger partial charge is 0.476 e. The fourth-order valence-electron chi connectivity index (χ4n) is 3.01. The Morgan fingerprint density at radius 2 is 1.74 bits per heavy atom. The van der Waals surface area contributed by atoms with Crippen molar-refractivity contribution < 1.29 is 19.5 Å². The highest BCUT2D eigenvalue weighted by Crippen LogP contribution is 2.20. The van der Waals surface area contributed by atoms with Crippen LogP contribution in [0.15, 0.2) is 36.7 Å². The molecule has 1 fully saturated rings. The molecule has 3 rings (SSSR count). The molecule has 2 aromatic rings. The van der Waals surface area contributed by atoms with Crippen LogP contribution in [-0.4, -0.2) is 50.3 Å². The lowest BCUT2D eigenvalue weighted by molar-refractivity contribution is 0.0634. The number of carboxylic acids is 1. The van der Waals surface area contributed by atoms with Crippen LogP contribution in [0.3, 0.4) is 0 Å². The van der Waals surface area contributed by atoms with Gasteiger partial charge in [-0.2, -0.15) is 0 Å². The molecule has 0 aliphatic carbocycles. The van der Waals surface area contributed by atoms with E-state index in [0.29, 0.717) is 11.3 Å². The van der Waals surface area contributed by atoms with Gasteiger partial charge in [0, 0.05) is 23.8 Å². The zero-order valence-corrected chi connectivity index (χ0v) is 14.9. The minimum absolute atomic E-state index is 0.00212. The van der Waals surface area contributed by atoms with E-state index in [2.05, 4.69) is 22.2 Å². The number of carbonyl (C=O) groups is 3. The summed E-state index contributed by atoms with van der Waals surface area (Å²) >= 11 is 0. The summed E-state index contributed by atoms with van der Waals surface area (Å²) in [6.45, 7) is 2.83. The molecule has 8 nitrogen and oxygen atoms in total. The van der Waals surface area contributed by atoms with Crippen molar-refractivity contribution in [1.29, 1.82) is 0 Å². The number of nitrogens with one attached hydrogen (secondary N) is 1. The molecule has 2 heterocycles. The number of aromatic carboxylic acids is 1. The van der Waals surface area contributed by atoms with Crippen molar-refractivity contribution in [3.8, 4) is 0 Å². The highest BCUT2D eigenvalue weighted by molar-refractivity contribution is 6.03. The number of hydrogen-bond acceptors (Lipinski definition) is 5. The van der Waals surface area contributed by atoms with Gasteiger partial charge in [0.05, 0.1) is 12.4 Å². The molecule has 1 unspecified atom stereocenters. The van der Waals surface area contributed by atoms with Gasteiger partial charge in [0.15, 0.2) is 5.69 Å². The predicted octanol–water partition coefficient (Wildman–Crippen LogP) is 2.44. The van der Waals surface area contributed by atoms with Crippen LogP contribution < -0.4 is 5.32 Å². The van der Waals surface area contributed by atoms with Crippen LogP contribution in [0.2, 0.25) is 0 Å². The Bertz CT molecular complexity index is 849. The average Bonchev–Trinajstić information content (AvgIpc) is 2.68. The summed E-state index contributed by atoms with van der Waals surface area (Å²) in [7, 11) is 0. The second-order valence-corrected chi connectivity index (χ2v) is 6.47. The number of benzene rings is 1. The van der Waals surface area contributed by atoms with E-state index < -0.39 is 11.9 Å². The molecule has 140 valence electrons. The van der Waals surface area contributed by atoms with E-state index in [1.54, 1.807) is 24.3 Å². The maximum absolute atomic E-state index is 12.6. The number of aromatic nitrogens is 2. The molecular formula is C19H20N4O4. The Labute approximate surface area is 156 Å². The van der Waals surface area contributed by atoms with Crippen LogP contribution in [0.5, 0.6) is 0 Å². The number of amides is 2. The third kappa shape index (κ3) is 4.28. The molecule has 1 saturated heterocycles. The van der Waals surface area contributed by atoms with E-state index in [4.69, 9.17) is 5.11 Å². The molecule has 27 heavy (non-hydrogen) atoms. The molecule has 2 amide bonds. The Hall–Kier alpha value is -3.29. The summed E-state index contributed by atoms with van der Waals surface area (Å²) in [6.07, 6.45) is 5.31. The highest BCUT2D eigenvalue weighted by Gasteiger charge is 2.24. The summed E-state index contributed by atoms with van der Waals surface area (Å²) < 4.78 is 0. The molecule has 1 aliphatic rings. The number of rotatable bonds is 4. The Balaban J connectivity index is 1.65. The lowest BCUT2D eigenvalue weighted by Crippen LogP contribution is -2.42. The molecule has 0 radical (unpaired) electrons. The molecule has 0 spiro atoms. The summed E-state index contributed by atoms with van der Waals surface area (Å²) in [6, 6.07) is 6.90. The zero-order valence-electron chi connectivity index (χ0n) is 14.9. The van der Waals surface area contributed by atoms with Gasteiger partial charge in [-0.15, -0.1) is 0 Å². The van der Waals surface area contributed by atoms with Crippen molar-refractivity contribution in [3.63, 3.8) is 0 Å². The normalized spacial score (nSPS) is 16.6. The molecule has 0 bridgehead atoms. The van der Waals surface area contributed by atoms with Crippen molar-refractivity contribution in [2.24, 2.45) is 0 Å². The molecular weight excluding hydrogens is 348 g/mol. The van der Waals surface area contributed by atoms with Gasteiger partial charge in [-0.1, -0.05) is 0 Å². The molecule has 1 aliphatic heterocycles. The topological polar surface area (TPSA) is 112 Å². The van der Waals surface area contributed by atoms with Gasteiger partial charge in [-0.05, 0) is 50.5 Å². The fourth-order valence-corrected chi connectivity index (χ4v) is 3.01. The second kappa shape index (κ2) is 7.94. The maximum atomic E-state index is 12.6. The molecule has 8 heteroatoms. The van der Waals surface area contributed by atoms with Gasteiger partial charge in [-0.25, -0.2) is 14.8 Å². The number of hydrogen-bond donors (Lipinski definition) is 2. The van der Waals surface area contributed by atoms with Gasteiger partial charge >= 0.3 is 5.97 Å². The summed E-state index contributed by atoms with van der Waals surface area (Å²) in [5.74, 6) is -1.73. The summed E-state index contributed by atoms with van der Waals surface area (Å²) in [5.41, 5.74) is 0.850. The van der Waals surface area contributed by atoms with E-state index in [0.717, 1.165) is 38.2 Å². The monoisotopic (exact) mass is 368 g/mol. The van der Waals surface area contributed by atoms with E-state index in [-0.39, 0.29) is 23.3 Å². The van der Waals surface area contributed by atoms with Gasteiger partial charge in [0.1, 0.15) is 5.69 Å². The van der Waals surface area contributed by atoms with Crippen LogP contribution >= 0.6 is 0 Å². The number of anilines is 1. The van der Waals surface area contributed by atoms with Crippen LogP contribution in [-0.2, 0) is 0 Å². The van der Waals surface area contributed by atoms with Crippen molar-refractivity contribution >= 4 is 23.5 Å². The van der Waals surface area contributed by atoms with Gasteiger partial charge in [-0.3, -0.25) is 9.59 Å². The third-order valence-corrected chi connectivity index (χ3v) is 4.56. The first-order valence-corrected chi connectivity index (χ1v) is 8.73. The molecule has 1 aromatic carbocycles. The molecule has 1 atom stereocenters. The van der Waals surface area contributed by atoms with Crippen LogP contribution in [0.25, 0.3) is 0 Å². The summed E-state index contributed by atoms with van der Waals surface area (Å²) in [4.78, 5) is 44.9. The third-order valence-electron chi connectivity index (χ3n) is 4.56. The van der Waals surface area contributed by atoms with E-state index in [9.17, 15) is 14.4 Å². The number of piperidine rings is 1. The Morgan fingerprint density at radius 1 is 1.07 bits per heavy atom. The van der Waals surface area contributed by atoms with Crippen molar-refractivity contribution in [1.82, 2.24) is 14.9 Å². The lowest BCUT2D eigenvalue weighted by Gasteiger charge is -2.33. The van der Waals surface area contributed by atoms with Gasteiger partial charge in [0.25, 0.3) is 11.8 Å². The molecule has 1 aromatic heterocycles. The minimum Gasteiger partial charge on any atom is -0.476 e. The van der Waals surface area contributed by atoms with Crippen LogP contribution in [0.1, 0.15) is 57.5 Å². The quantitative estimate of drug-likeness (QED) is 0.857. The first-order valence-electron chi connectivity index (χ1n) is 8.73. The minimum atomic E-state index is -1.21. The van der Waals surface area contributed by atoms with Crippen molar-refractivity contribution in [2.45, 2.75) is 32.2 Å². The number of nitrogens with zero attached hydrogens (tertiary/aromatic N) is 3. The molecule has 0 saturated carbocycles. The smallest absolute Gasteiger partial charge is 0.356 e. The highest BCUT2D eigenvalue weighted by atomic mass is 16.4. The van der Waals surface area contributed by atoms with Crippen molar-refractivity contribution in [3.05, 3.63) is 53.6 Å². The zero-order chi connectivity index (χ0) is 19.4. The van der Waals surface area contributed by atoms with Crippen LogP contribution in [0.4, 0.5) is 5.69 Å². The number of likely N-dealkylation sites (tertiary alicyclic amines) is 1. The second-order valence-electron chi connectivity index (χ2n) is 6.47. The maximum Gasteiger partial charge on any atom is 0.356 e. The standard InChI is InChI=1S/C19H20N4O4/c1-12-4-2-3-9-23(12)18(25)13-5-7-14(8-6-13)22-17(24)15-10-21-16(11-20-15)19(26)27/h5-8,10-12H,2-4,9H2,1H3,(H,22,24)(H,26,27). The first kappa shape index (κ1) is 18.5. The Kier molecular flexibility index (Phi) is 5.44. The number of carboxylic acid groups (broad SMARTS) is 1. The average molecular weight is 368 g/mol. The predicted molar refractivity (Wildman–Crippen MR) is 97.7 cm³/mol. The van der Waals surface area contributed by atoms with Gasteiger partial charge in [0.2, 0.25) is 0 Å². The first-order chi connectivity index (χ1) is 13.0. The van der Waals surface area contributed by atoms with Crippen LogP contribution in [0, 0.1) is 0 Å². The van der Waals surface area contributed by atoms with Crippen molar-refractivity contribution in [2.75, 3.05) is 11.9 Å². The Morgan fingerprint density at radius 3 is 2.33 bits per heavy atom. The summed E-state index contributed by atoms with van der Waals surface area (Å²) in [5, 5.41) is 11.4. The van der Waals surface area contributed by atoms with Gasteiger partial charge < -0.3 is 15.3 Å². The van der Waals surface area contributed by atoms with E-state index >= 15 is 0 Å². The SMILES string of the molecule is CC1CCCCN1C(=O)c1ccc(NC(=O)c2cnc(C(=O)O)cn2)cc1.